The van der Waals surface area contributed by atoms with Gasteiger partial charge in [-0.05, 0) is 31.6 Å². The Morgan fingerprint density at radius 2 is 2.15 bits per heavy atom. The summed E-state index contributed by atoms with van der Waals surface area (Å²) in [6.07, 6.45) is 4.26. The third-order valence-corrected chi connectivity index (χ3v) is 3.26. The molecule has 2 saturated carbocycles. The van der Waals surface area contributed by atoms with Gasteiger partial charge in [-0.3, -0.25) is 4.79 Å². The van der Waals surface area contributed by atoms with Gasteiger partial charge in [0.25, 0.3) is 0 Å². The van der Waals surface area contributed by atoms with Crippen molar-refractivity contribution in [2.24, 2.45) is 17.1 Å². The fraction of sp³-hybridized carbons (Fsp3) is 0.900. The van der Waals surface area contributed by atoms with Crippen molar-refractivity contribution in [3.05, 3.63) is 0 Å². The quantitative estimate of drug-likeness (QED) is 0.673. The molecule has 0 unspecified atom stereocenters. The molecule has 0 saturated heterocycles. The van der Waals surface area contributed by atoms with Gasteiger partial charge in [0.1, 0.15) is 0 Å². The van der Waals surface area contributed by atoms with Gasteiger partial charge in [0.15, 0.2) is 0 Å². The third-order valence-electron chi connectivity index (χ3n) is 3.26. The number of hydrogen-bond acceptors (Lipinski definition) is 2. The number of carbonyl (C=O) groups is 1. The van der Waals surface area contributed by atoms with E-state index < -0.39 is 0 Å². The number of amides is 1. The normalized spacial score (nSPS) is 38.2. The van der Waals surface area contributed by atoms with E-state index in [0.29, 0.717) is 18.5 Å². The van der Waals surface area contributed by atoms with Crippen LogP contribution in [0, 0.1) is 11.3 Å². The van der Waals surface area contributed by atoms with E-state index in [1.807, 2.05) is 0 Å². The average Bonchev–Trinajstić information content (AvgIpc) is 2.81. The molecule has 2 fully saturated rings. The van der Waals surface area contributed by atoms with Crippen LogP contribution in [0.1, 0.15) is 32.6 Å². The van der Waals surface area contributed by atoms with E-state index in [4.69, 9.17) is 5.73 Å². The van der Waals surface area contributed by atoms with Crippen LogP contribution in [0.5, 0.6) is 0 Å². The van der Waals surface area contributed by atoms with Crippen molar-refractivity contribution in [1.29, 1.82) is 0 Å². The minimum absolute atomic E-state index is 0.204. The molecule has 0 aromatic rings. The van der Waals surface area contributed by atoms with Crippen LogP contribution in [0.25, 0.3) is 0 Å². The Bertz CT molecular complexity index is 217. The van der Waals surface area contributed by atoms with Crippen LogP contribution >= 0.6 is 0 Å². The minimum atomic E-state index is -0.206. The molecule has 0 atom stereocenters. The van der Waals surface area contributed by atoms with Gasteiger partial charge >= 0.3 is 0 Å². The maximum absolute atomic E-state index is 11.8. The fourth-order valence-corrected chi connectivity index (χ4v) is 2.29. The SMILES string of the molecule is CC1CC(CN)(C(=O)NC2CC2)C1. The van der Waals surface area contributed by atoms with Gasteiger partial charge < -0.3 is 11.1 Å². The number of rotatable bonds is 3. The predicted octanol–water partition coefficient (Wildman–Crippen LogP) is 0.640. The van der Waals surface area contributed by atoms with E-state index in [-0.39, 0.29) is 11.3 Å². The van der Waals surface area contributed by atoms with Crippen molar-refractivity contribution < 1.29 is 4.79 Å². The second kappa shape index (κ2) is 2.98. The zero-order valence-corrected chi connectivity index (χ0v) is 8.18. The molecule has 0 bridgehead atoms. The molecule has 0 radical (unpaired) electrons. The molecular weight excluding hydrogens is 164 g/mol. The van der Waals surface area contributed by atoms with Gasteiger partial charge in [0.05, 0.1) is 5.41 Å². The van der Waals surface area contributed by atoms with Crippen LogP contribution in [0.4, 0.5) is 0 Å². The Hall–Kier alpha value is -0.570. The highest BCUT2D eigenvalue weighted by atomic mass is 16.2. The van der Waals surface area contributed by atoms with Crippen LogP contribution in [-0.2, 0) is 4.79 Å². The van der Waals surface area contributed by atoms with Crippen molar-refractivity contribution in [1.82, 2.24) is 5.32 Å². The lowest BCUT2D eigenvalue weighted by Crippen LogP contribution is -2.53. The number of nitrogens with one attached hydrogen (secondary N) is 1. The lowest BCUT2D eigenvalue weighted by Gasteiger charge is -2.44. The summed E-state index contributed by atoms with van der Waals surface area (Å²) in [7, 11) is 0. The standard InChI is InChI=1S/C10H18N2O/c1-7-4-10(5-7,6-11)9(13)12-8-2-3-8/h7-8H,2-6,11H2,1H3,(H,12,13). The Kier molecular flexibility index (Phi) is 2.06. The topological polar surface area (TPSA) is 55.1 Å². The summed E-state index contributed by atoms with van der Waals surface area (Å²) in [5, 5.41) is 3.05. The van der Waals surface area contributed by atoms with Gasteiger partial charge in [-0.25, -0.2) is 0 Å². The molecule has 3 nitrogen and oxygen atoms in total. The van der Waals surface area contributed by atoms with E-state index in [2.05, 4.69) is 12.2 Å². The molecule has 0 aromatic carbocycles. The zero-order valence-electron chi connectivity index (χ0n) is 8.18. The molecule has 13 heavy (non-hydrogen) atoms. The molecule has 2 aliphatic rings. The summed E-state index contributed by atoms with van der Waals surface area (Å²) in [4.78, 5) is 11.8. The highest BCUT2D eigenvalue weighted by Gasteiger charge is 2.48. The lowest BCUT2D eigenvalue weighted by molar-refractivity contribution is -0.138. The van der Waals surface area contributed by atoms with Crippen molar-refractivity contribution in [3.63, 3.8) is 0 Å². The third kappa shape index (κ3) is 1.57. The molecule has 2 aliphatic carbocycles. The maximum atomic E-state index is 11.8. The number of nitrogens with two attached hydrogens (primary N) is 1. The van der Waals surface area contributed by atoms with E-state index in [9.17, 15) is 4.79 Å². The van der Waals surface area contributed by atoms with Gasteiger partial charge in [0, 0.05) is 12.6 Å². The minimum Gasteiger partial charge on any atom is -0.353 e. The maximum Gasteiger partial charge on any atom is 0.227 e. The zero-order chi connectivity index (χ0) is 9.47. The highest BCUT2D eigenvalue weighted by molar-refractivity contribution is 5.84. The van der Waals surface area contributed by atoms with Gasteiger partial charge in [-0.2, -0.15) is 0 Å². The second-order valence-corrected chi connectivity index (χ2v) is 4.75. The van der Waals surface area contributed by atoms with E-state index in [0.717, 1.165) is 25.7 Å². The molecule has 74 valence electrons. The lowest BCUT2D eigenvalue weighted by atomic mass is 9.62. The molecular formula is C10H18N2O. The van der Waals surface area contributed by atoms with Crippen LogP contribution in [0.3, 0.4) is 0 Å². The van der Waals surface area contributed by atoms with Gasteiger partial charge in [-0.1, -0.05) is 6.92 Å². The average molecular weight is 182 g/mol. The van der Waals surface area contributed by atoms with E-state index in [1.165, 1.54) is 0 Å². The number of carbonyl (C=O) groups excluding carboxylic acids is 1. The molecule has 2 rings (SSSR count). The first kappa shape index (κ1) is 9.00. The van der Waals surface area contributed by atoms with E-state index >= 15 is 0 Å². The highest BCUT2D eigenvalue weighted by Crippen LogP contribution is 2.45. The fourth-order valence-electron chi connectivity index (χ4n) is 2.29. The second-order valence-electron chi connectivity index (χ2n) is 4.75. The summed E-state index contributed by atoms with van der Waals surface area (Å²) >= 11 is 0. The van der Waals surface area contributed by atoms with Gasteiger partial charge in [-0.15, -0.1) is 0 Å². The Morgan fingerprint density at radius 3 is 2.54 bits per heavy atom. The molecule has 0 aromatic heterocycles. The summed E-state index contributed by atoms with van der Waals surface area (Å²) in [6, 6.07) is 0.465. The van der Waals surface area contributed by atoms with Crippen LogP contribution in [0.2, 0.25) is 0 Å². The molecule has 0 spiro atoms. The van der Waals surface area contributed by atoms with Crippen LogP contribution in [0.15, 0.2) is 0 Å². The first-order chi connectivity index (χ1) is 6.16. The summed E-state index contributed by atoms with van der Waals surface area (Å²) < 4.78 is 0. The van der Waals surface area contributed by atoms with Crippen molar-refractivity contribution in [3.8, 4) is 0 Å². The summed E-state index contributed by atoms with van der Waals surface area (Å²) in [5.41, 5.74) is 5.46. The largest absolute Gasteiger partial charge is 0.353 e. The predicted molar refractivity (Wildman–Crippen MR) is 51.1 cm³/mol. The van der Waals surface area contributed by atoms with Crippen LogP contribution in [-0.4, -0.2) is 18.5 Å². The summed E-state index contributed by atoms with van der Waals surface area (Å²) in [5.74, 6) is 0.879. The molecule has 3 heteroatoms. The van der Waals surface area contributed by atoms with Crippen molar-refractivity contribution in [2.45, 2.75) is 38.6 Å². The first-order valence-corrected chi connectivity index (χ1v) is 5.17. The molecule has 1 amide bonds. The van der Waals surface area contributed by atoms with Crippen molar-refractivity contribution >= 4 is 5.91 Å². The van der Waals surface area contributed by atoms with E-state index in [1.54, 1.807) is 0 Å². The van der Waals surface area contributed by atoms with Gasteiger partial charge in [0.2, 0.25) is 5.91 Å². The first-order valence-electron chi connectivity index (χ1n) is 5.17. The number of hydrogen-bond donors (Lipinski definition) is 2. The monoisotopic (exact) mass is 182 g/mol. The molecule has 0 heterocycles. The van der Waals surface area contributed by atoms with Crippen molar-refractivity contribution in [2.75, 3.05) is 6.54 Å². The Morgan fingerprint density at radius 1 is 1.54 bits per heavy atom. The van der Waals surface area contributed by atoms with Crippen LogP contribution < -0.4 is 11.1 Å². The molecule has 3 N–H and O–H groups in total. The Balaban J connectivity index is 1.91. The Labute approximate surface area is 79.1 Å². The summed E-state index contributed by atoms with van der Waals surface area (Å²) in [6.45, 7) is 2.69. The smallest absolute Gasteiger partial charge is 0.227 e. The molecule has 0 aliphatic heterocycles.